The first kappa shape index (κ1) is 9.52. The fourth-order valence-electron chi connectivity index (χ4n) is 2.13. The molecule has 1 aliphatic carbocycles. The minimum absolute atomic E-state index is 0.194. The molecule has 0 bridgehead atoms. The Labute approximate surface area is 72.9 Å². The lowest BCUT2D eigenvalue weighted by Crippen LogP contribution is -2.50. The predicted molar refractivity (Wildman–Crippen MR) is 46.8 cm³/mol. The molecule has 3 nitrogen and oxygen atoms in total. The van der Waals surface area contributed by atoms with Crippen LogP contribution in [0.1, 0.15) is 39.0 Å². The van der Waals surface area contributed by atoms with E-state index in [4.69, 9.17) is 10.8 Å². The molecule has 0 aromatic carbocycles. The summed E-state index contributed by atoms with van der Waals surface area (Å²) >= 11 is 0. The quantitative estimate of drug-likeness (QED) is 0.674. The molecule has 0 amide bonds. The molecule has 2 atom stereocenters. The lowest BCUT2D eigenvalue weighted by atomic mass is 9.85. The number of hydrogen-bond acceptors (Lipinski definition) is 2. The van der Waals surface area contributed by atoms with Crippen molar-refractivity contribution in [1.29, 1.82) is 0 Å². The van der Waals surface area contributed by atoms with Gasteiger partial charge in [-0.15, -0.1) is 0 Å². The van der Waals surface area contributed by atoms with E-state index in [1.807, 2.05) is 0 Å². The van der Waals surface area contributed by atoms with Gasteiger partial charge in [0.1, 0.15) is 5.54 Å². The van der Waals surface area contributed by atoms with Gasteiger partial charge in [0.2, 0.25) is 0 Å². The van der Waals surface area contributed by atoms with Crippen LogP contribution in [-0.2, 0) is 4.79 Å². The molecular weight excluding hydrogens is 154 g/mol. The minimum atomic E-state index is -0.921. The van der Waals surface area contributed by atoms with Gasteiger partial charge in [0.15, 0.2) is 0 Å². The average molecular weight is 171 g/mol. The van der Waals surface area contributed by atoms with Gasteiger partial charge in [-0.3, -0.25) is 4.79 Å². The summed E-state index contributed by atoms with van der Waals surface area (Å²) in [6.07, 6.45) is 4.57. The number of carboxylic acid groups (broad SMARTS) is 1. The highest BCUT2D eigenvalue weighted by Crippen LogP contribution is 2.36. The Balaban J connectivity index is 2.67. The number of carboxylic acids is 1. The third-order valence-corrected chi connectivity index (χ3v) is 2.91. The standard InChI is InChI=1S/C9H17NO2/c1-2-4-7-5-3-6-9(7,10)8(11)12/h7H,2-6,10H2,1H3,(H,11,12)/t7-,9-/m1/s1. The van der Waals surface area contributed by atoms with Gasteiger partial charge in [0.05, 0.1) is 0 Å². The molecule has 70 valence electrons. The van der Waals surface area contributed by atoms with Crippen molar-refractivity contribution in [2.75, 3.05) is 0 Å². The highest BCUT2D eigenvalue weighted by Gasteiger charge is 2.45. The van der Waals surface area contributed by atoms with E-state index < -0.39 is 11.5 Å². The van der Waals surface area contributed by atoms with Gasteiger partial charge >= 0.3 is 5.97 Å². The fourth-order valence-corrected chi connectivity index (χ4v) is 2.13. The van der Waals surface area contributed by atoms with E-state index in [2.05, 4.69) is 6.92 Å². The maximum absolute atomic E-state index is 10.9. The first-order valence-electron chi connectivity index (χ1n) is 4.63. The van der Waals surface area contributed by atoms with Crippen LogP contribution in [0.3, 0.4) is 0 Å². The first-order chi connectivity index (χ1) is 5.61. The number of aliphatic carboxylic acids is 1. The first-order valence-corrected chi connectivity index (χ1v) is 4.63. The van der Waals surface area contributed by atoms with Crippen LogP contribution in [0, 0.1) is 5.92 Å². The maximum Gasteiger partial charge on any atom is 0.323 e. The Morgan fingerprint density at radius 1 is 1.75 bits per heavy atom. The van der Waals surface area contributed by atoms with E-state index in [0.29, 0.717) is 6.42 Å². The second kappa shape index (κ2) is 3.44. The lowest BCUT2D eigenvalue weighted by Gasteiger charge is -2.26. The Bertz CT molecular complexity index is 181. The van der Waals surface area contributed by atoms with Gasteiger partial charge in [0, 0.05) is 0 Å². The molecule has 0 aromatic heterocycles. The third-order valence-electron chi connectivity index (χ3n) is 2.91. The van der Waals surface area contributed by atoms with Crippen LogP contribution in [0.4, 0.5) is 0 Å². The summed E-state index contributed by atoms with van der Waals surface area (Å²) in [5.41, 5.74) is 4.91. The van der Waals surface area contributed by atoms with Crippen LogP contribution < -0.4 is 5.73 Å². The highest BCUT2D eigenvalue weighted by atomic mass is 16.4. The van der Waals surface area contributed by atoms with E-state index in [-0.39, 0.29) is 5.92 Å². The number of hydrogen-bond donors (Lipinski definition) is 2. The molecule has 0 unspecified atom stereocenters. The molecule has 12 heavy (non-hydrogen) atoms. The van der Waals surface area contributed by atoms with E-state index in [9.17, 15) is 4.79 Å². The minimum Gasteiger partial charge on any atom is -0.480 e. The molecule has 0 aromatic rings. The molecule has 3 heteroatoms. The number of carbonyl (C=O) groups is 1. The van der Waals surface area contributed by atoms with E-state index in [1.165, 1.54) is 0 Å². The van der Waals surface area contributed by atoms with Crippen LogP contribution >= 0.6 is 0 Å². The van der Waals surface area contributed by atoms with Crippen molar-refractivity contribution in [2.24, 2.45) is 11.7 Å². The fraction of sp³-hybridized carbons (Fsp3) is 0.889. The van der Waals surface area contributed by atoms with E-state index >= 15 is 0 Å². The third kappa shape index (κ3) is 1.46. The molecule has 1 aliphatic rings. The summed E-state index contributed by atoms with van der Waals surface area (Å²) < 4.78 is 0. The Hall–Kier alpha value is -0.570. The van der Waals surface area contributed by atoms with Crippen LogP contribution in [-0.4, -0.2) is 16.6 Å². The summed E-state index contributed by atoms with van der Waals surface area (Å²) in [5, 5.41) is 8.94. The Morgan fingerprint density at radius 2 is 2.42 bits per heavy atom. The molecule has 1 fully saturated rings. The van der Waals surface area contributed by atoms with Crippen molar-refractivity contribution in [1.82, 2.24) is 0 Å². The van der Waals surface area contributed by atoms with Gasteiger partial charge in [0.25, 0.3) is 0 Å². The topological polar surface area (TPSA) is 63.3 Å². The molecule has 0 spiro atoms. The zero-order valence-corrected chi connectivity index (χ0v) is 7.55. The maximum atomic E-state index is 10.9. The SMILES string of the molecule is CCC[C@@H]1CCC[C@]1(N)C(=O)O. The summed E-state index contributed by atoms with van der Waals surface area (Å²) in [7, 11) is 0. The molecule has 0 aliphatic heterocycles. The summed E-state index contributed by atoms with van der Waals surface area (Å²) in [6, 6.07) is 0. The largest absolute Gasteiger partial charge is 0.480 e. The predicted octanol–water partition coefficient (Wildman–Crippen LogP) is 1.37. The van der Waals surface area contributed by atoms with Crippen LogP contribution in [0.5, 0.6) is 0 Å². The van der Waals surface area contributed by atoms with Gasteiger partial charge < -0.3 is 10.8 Å². The smallest absolute Gasteiger partial charge is 0.323 e. The van der Waals surface area contributed by atoms with Crippen molar-refractivity contribution in [3.63, 3.8) is 0 Å². The molecule has 0 radical (unpaired) electrons. The van der Waals surface area contributed by atoms with Crippen molar-refractivity contribution in [2.45, 2.75) is 44.6 Å². The summed E-state index contributed by atoms with van der Waals surface area (Å²) in [6.45, 7) is 2.07. The van der Waals surface area contributed by atoms with Crippen molar-refractivity contribution < 1.29 is 9.90 Å². The zero-order valence-electron chi connectivity index (χ0n) is 7.55. The average Bonchev–Trinajstić information content (AvgIpc) is 2.35. The Kier molecular flexibility index (Phi) is 2.73. The van der Waals surface area contributed by atoms with E-state index in [1.54, 1.807) is 0 Å². The highest BCUT2D eigenvalue weighted by molar-refractivity contribution is 5.79. The van der Waals surface area contributed by atoms with Crippen LogP contribution in [0.15, 0.2) is 0 Å². The second-order valence-corrected chi connectivity index (χ2v) is 3.72. The van der Waals surface area contributed by atoms with Crippen molar-refractivity contribution in [3.8, 4) is 0 Å². The molecule has 0 saturated heterocycles. The van der Waals surface area contributed by atoms with E-state index in [0.717, 1.165) is 25.7 Å². The summed E-state index contributed by atoms with van der Waals surface area (Å²) in [4.78, 5) is 10.9. The number of nitrogens with two attached hydrogens (primary N) is 1. The normalized spacial score (nSPS) is 35.3. The van der Waals surface area contributed by atoms with Crippen LogP contribution in [0.25, 0.3) is 0 Å². The second-order valence-electron chi connectivity index (χ2n) is 3.72. The monoisotopic (exact) mass is 171 g/mol. The molecule has 3 N–H and O–H groups in total. The van der Waals surface area contributed by atoms with Crippen molar-refractivity contribution in [3.05, 3.63) is 0 Å². The molecule has 1 rings (SSSR count). The summed E-state index contributed by atoms with van der Waals surface area (Å²) in [5.74, 6) is -0.626. The number of rotatable bonds is 3. The molecule has 0 heterocycles. The van der Waals surface area contributed by atoms with Crippen LogP contribution in [0.2, 0.25) is 0 Å². The van der Waals surface area contributed by atoms with Gasteiger partial charge in [-0.2, -0.15) is 0 Å². The lowest BCUT2D eigenvalue weighted by molar-refractivity contribution is -0.144. The van der Waals surface area contributed by atoms with Gasteiger partial charge in [-0.1, -0.05) is 19.8 Å². The molecular formula is C9H17NO2. The molecule has 1 saturated carbocycles. The zero-order chi connectivity index (χ0) is 9.19. The Morgan fingerprint density at radius 3 is 2.92 bits per heavy atom. The van der Waals surface area contributed by atoms with Crippen molar-refractivity contribution >= 4 is 5.97 Å². The van der Waals surface area contributed by atoms with Gasteiger partial charge in [-0.25, -0.2) is 0 Å². The van der Waals surface area contributed by atoms with Gasteiger partial charge in [-0.05, 0) is 25.2 Å².